The third-order valence-electron chi connectivity index (χ3n) is 1.82. The number of benzene rings is 1. The molecule has 1 rings (SSSR count). The smallest absolute Gasteiger partial charge is 0.274 e. The number of nitrogens with zero attached hydrogens (tertiary/aromatic N) is 1. The van der Waals surface area contributed by atoms with Crippen molar-refractivity contribution in [3.05, 3.63) is 39.9 Å². The first-order valence-corrected chi connectivity index (χ1v) is 4.63. The molecule has 0 amide bonds. The number of nitro groups is 1. The van der Waals surface area contributed by atoms with Crippen LogP contribution in [0.3, 0.4) is 0 Å². The average molecular weight is 211 g/mol. The van der Waals surface area contributed by atoms with Crippen molar-refractivity contribution in [3.8, 4) is 0 Å². The number of nitro benzene ring substituents is 1. The van der Waals surface area contributed by atoms with Gasteiger partial charge < -0.3 is 9.47 Å². The number of para-hydroxylation sites is 1. The minimum absolute atomic E-state index is 0.0778. The van der Waals surface area contributed by atoms with Crippen LogP contribution in [0.4, 0.5) is 5.69 Å². The van der Waals surface area contributed by atoms with Crippen LogP contribution in [0.2, 0.25) is 0 Å². The summed E-state index contributed by atoms with van der Waals surface area (Å²) in [4.78, 5) is 10.2. The highest BCUT2D eigenvalue weighted by atomic mass is 16.7. The van der Waals surface area contributed by atoms with Gasteiger partial charge >= 0.3 is 0 Å². The average Bonchev–Trinajstić information content (AvgIpc) is 2.25. The lowest BCUT2D eigenvalue weighted by molar-refractivity contribution is -0.386. The van der Waals surface area contributed by atoms with Crippen molar-refractivity contribution in [1.82, 2.24) is 0 Å². The maximum atomic E-state index is 10.6. The van der Waals surface area contributed by atoms with Gasteiger partial charge in [0.1, 0.15) is 6.79 Å². The molecule has 0 aliphatic heterocycles. The Morgan fingerprint density at radius 2 is 2.07 bits per heavy atom. The summed E-state index contributed by atoms with van der Waals surface area (Å²) in [5, 5.41) is 10.6. The van der Waals surface area contributed by atoms with E-state index in [4.69, 9.17) is 9.47 Å². The maximum absolute atomic E-state index is 10.6. The minimum Gasteiger partial charge on any atom is -0.356 e. The van der Waals surface area contributed by atoms with Crippen molar-refractivity contribution in [1.29, 1.82) is 0 Å². The van der Waals surface area contributed by atoms with Gasteiger partial charge in [-0.2, -0.15) is 0 Å². The summed E-state index contributed by atoms with van der Waals surface area (Å²) >= 11 is 0. The monoisotopic (exact) mass is 211 g/mol. The Morgan fingerprint density at radius 3 is 2.73 bits per heavy atom. The van der Waals surface area contributed by atoms with Gasteiger partial charge in [-0.1, -0.05) is 12.1 Å². The van der Waals surface area contributed by atoms with Crippen LogP contribution < -0.4 is 0 Å². The molecule has 15 heavy (non-hydrogen) atoms. The zero-order valence-electron chi connectivity index (χ0n) is 8.51. The number of ether oxygens (including phenoxy) is 2. The fourth-order valence-electron chi connectivity index (χ4n) is 1.10. The van der Waals surface area contributed by atoms with E-state index in [1.807, 2.05) is 6.92 Å². The molecule has 82 valence electrons. The first-order valence-electron chi connectivity index (χ1n) is 4.63. The molecule has 0 aliphatic carbocycles. The lowest BCUT2D eigenvalue weighted by atomic mass is 10.2. The van der Waals surface area contributed by atoms with Crippen LogP contribution in [-0.4, -0.2) is 18.3 Å². The first-order chi connectivity index (χ1) is 7.25. The highest BCUT2D eigenvalue weighted by molar-refractivity contribution is 5.39. The Bertz CT molecular complexity index is 327. The molecule has 0 saturated carbocycles. The van der Waals surface area contributed by atoms with E-state index < -0.39 is 4.92 Å². The molecule has 0 aromatic heterocycles. The van der Waals surface area contributed by atoms with Crippen LogP contribution in [0.15, 0.2) is 24.3 Å². The summed E-state index contributed by atoms with van der Waals surface area (Å²) in [6.07, 6.45) is 0. The molecular weight excluding hydrogens is 198 g/mol. The molecule has 5 nitrogen and oxygen atoms in total. The molecular formula is C10H13NO4. The second-order valence-electron chi connectivity index (χ2n) is 2.84. The van der Waals surface area contributed by atoms with Crippen LogP contribution >= 0.6 is 0 Å². The number of hydrogen-bond acceptors (Lipinski definition) is 4. The minimum atomic E-state index is -0.417. The van der Waals surface area contributed by atoms with Gasteiger partial charge in [-0.25, -0.2) is 0 Å². The van der Waals surface area contributed by atoms with Crippen LogP contribution in [0.5, 0.6) is 0 Å². The molecule has 0 radical (unpaired) electrons. The van der Waals surface area contributed by atoms with Gasteiger partial charge in [0.05, 0.1) is 17.1 Å². The van der Waals surface area contributed by atoms with Crippen molar-refractivity contribution >= 4 is 5.69 Å². The fourth-order valence-corrected chi connectivity index (χ4v) is 1.10. The molecule has 0 atom stereocenters. The lowest BCUT2D eigenvalue weighted by Gasteiger charge is -2.04. The molecule has 1 aromatic rings. The summed E-state index contributed by atoms with van der Waals surface area (Å²) in [5.41, 5.74) is 0.635. The van der Waals surface area contributed by atoms with E-state index in [1.54, 1.807) is 18.2 Å². The molecule has 0 saturated heterocycles. The van der Waals surface area contributed by atoms with Gasteiger partial charge in [0.2, 0.25) is 0 Å². The van der Waals surface area contributed by atoms with E-state index in [1.165, 1.54) is 6.07 Å². The quantitative estimate of drug-likeness (QED) is 0.313. The Kier molecular flexibility index (Phi) is 4.73. The maximum Gasteiger partial charge on any atom is 0.274 e. The zero-order valence-corrected chi connectivity index (χ0v) is 8.51. The van der Waals surface area contributed by atoms with E-state index in [2.05, 4.69) is 0 Å². The Balaban J connectivity index is 2.56. The Morgan fingerprint density at radius 1 is 1.33 bits per heavy atom. The van der Waals surface area contributed by atoms with E-state index in [9.17, 15) is 10.1 Å². The molecule has 0 spiro atoms. The van der Waals surface area contributed by atoms with Crippen molar-refractivity contribution in [2.24, 2.45) is 0 Å². The molecule has 5 heteroatoms. The van der Waals surface area contributed by atoms with Crippen LogP contribution in [-0.2, 0) is 16.1 Å². The van der Waals surface area contributed by atoms with Crippen molar-refractivity contribution in [3.63, 3.8) is 0 Å². The van der Waals surface area contributed by atoms with E-state index >= 15 is 0 Å². The lowest BCUT2D eigenvalue weighted by Crippen LogP contribution is -2.02. The molecule has 0 N–H and O–H groups in total. The van der Waals surface area contributed by atoms with Crippen LogP contribution in [0.25, 0.3) is 0 Å². The van der Waals surface area contributed by atoms with E-state index in [0.29, 0.717) is 12.2 Å². The second-order valence-corrected chi connectivity index (χ2v) is 2.84. The molecule has 0 bridgehead atoms. The number of hydrogen-bond donors (Lipinski definition) is 0. The van der Waals surface area contributed by atoms with Gasteiger partial charge in [0.15, 0.2) is 0 Å². The standard InChI is InChI=1S/C10H13NO4/c1-2-14-8-15-7-9-5-3-4-6-10(9)11(12)13/h3-6H,2,7-8H2,1H3. The third kappa shape index (κ3) is 3.65. The molecule has 0 fully saturated rings. The predicted molar refractivity (Wildman–Crippen MR) is 54.4 cm³/mol. The van der Waals surface area contributed by atoms with Crippen LogP contribution in [0.1, 0.15) is 12.5 Å². The highest BCUT2D eigenvalue weighted by Crippen LogP contribution is 2.18. The second kappa shape index (κ2) is 6.10. The van der Waals surface area contributed by atoms with Gasteiger partial charge in [0.25, 0.3) is 5.69 Å². The highest BCUT2D eigenvalue weighted by Gasteiger charge is 2.11. The third-order valence-corrected chi connectivity index (χ3v) is 1.82. The van der Waals surface area contributed by atoms with E-state index in [-0.39, 0.29) is 19.1 Å². The largest absolute Gasteiger partial charge is 0.356 e. The SMILES string of the molecule is CCOCOCc1ccccc1[N+](=O)[O-]. The van der Waals surface area contributed by atoms with Crippen molar-refractivity contribution < 1.29 is 14.4 Å². The topological polar surface area (TPSA) is 61.6 Å². The summed E-state index contributed by atoms with van der Waals surface area (Å²) in [6.45, 7) is 2.77. The molecule has 0 unspecified atom stereocenters. The van der Waals surface area contributed by atoms with Gasteiger partial charge in [-0.3, -0.25) is 10.1 Å². The van der Waals surface area contributed by atoms with E-state index in [0.717, 1.165) is 0 Å². The van der Waals surface area contributed by atoms with Gasteiger partial charge in [-0.05, 0) is 13.0 Å². The predicted octanol–water partition coefficient (Wildman–Crippen LogP) is 2.11. The Labute approximate surface area is 87.8 Å². The van der Waals surface area contributed by atoms with Crippen molar-refractivity contribution in [2.75, 3.05) is 13.4 Å². The molecule has 0 heterocycles. The number of rotatable bonds is 6. The summed E-state index contributed by atoms with van der Waals surface area (Å²) in [5.74, 6) is 0. The molecule has 1 aromatic carbocycles. The van der Waals surface area contributed by atoms with Crippen LogP contribution in [0, 0.1) is 10.1 Å². The summed E-state index contributed by atoms with van der Waals surface area (Å²) in [7, 11) is 0. The van der Waals surface area contributed by atoms with Gasteiger partial charge in [0, 0.05) is 12.7 Å². The first kappa shape index (κ1) is 11.6. The normalized spacial score (nSPS) is 10.2. The molecule has 0 aliphatic rings. The zero-order chi connectivity index (χ0) is 11.1. The summed E-state index contributed by atoms with van der Waals surface area (Å²) < 4.78 is 10.1. The Hall–Kier alpha value is -1.46. The van der Waals surface area contributed by atoms with Crippen molar-refractivity contribution in [2.45, 2.75) is 13.5 Å². The summed E-state index contributed by atoms with van der Waals surface area (Å²) in [6, 6.07) is 6.50. The fraction of sp³-hybridized carbons (Fsp3) is 0.400. The van der Waals surface area contributed by atoms with Gasteiger partial charge in [-0.15, -0.1) is 0 Å².